The first-order valence-corrected chi connectivity index (χ1v) is 10.6. The molecule has 2 aliphatic rings. The van der Waals surface area contributed by atoms with E-state index in [1.807, 2.05) is 0 Å². The van der Waals surface area contributed by atoms with Crippen molar-refractivity contribution >= 4 is 34.7 Å². The van der Waals surface area contributed by atoms with Gasteiger partial charge in [-0.05, 0) is 42.7 Å². The maximum absolute atomic E-state index is 13.4. The van der Waals surface area contributed by atoms with Crippen molar-refractivity contribution in [1.82, 2.24) is 0 Å². The van der Waals surface area contributed by atoms with Gasteiger partial charge >= 0.3 is 0 Å². The molecule has 0 aromatic heterocycles. The number of nitro groups is 1. The highest BCUT2D eigenvalue weighted by Gasteiger charge is 2.42. The van der Waals surface area contributed by atoms with Crippen LogP contribution in [0.3, 0.4) is 0 Å². The molecule has 10 heteroatoms. The van der Waals surface area contributed by atoms with Crippen LogP contribution in [-0.2, 0) is 9.59 Å². The predicted octanol–water partition coefficient (Wildman–Crippen LogP) is 4.50. The summed E-state index contributed by atoms with van der Waals surface area (Å²) in [6.45, 7) is 0. The summed E-state index contributed by atoms with van der Waals surface area (Å²) in [5.74, 6) is -0.998. The van der Waals surface area contributed by atoms with Gasteiger partial charge in [0, 0.05) is 41.1 Å². The highest BCUT2D eigenvalue weighted by Crippen LogP contribution is 2.48. The molecule has 0 saturated heterocycles. The van der Waals surface area contributed by atoms with Crippen LogP contribution in [0.2, 0.25) is 5.02 Å². The third-order valence-corrected chi connectivity index (χ3v) is 6.19. The number of Topliss-reactive ketones (excluding diaryl/α,β-unsaturated/α-hetero) is 1. The number of carbonyl (C=O) groups is 2. The van der Waals surface area contributed by atoms with Crippen molar-refractivity contribution in [1.29, 1.82) is 0 Å². The molecule has 1 heterocycles. The van der Waals surface area contributed by atoms with E-state index in [2.05, 4.69) is 0 Å². The van der Waals surface area contributed by atoms with Gasteiger partial charge in [-0.2, -0.15) is 0 Å². The Morgan fingerprint density at radius 2 is 1.79 bits per heavy atom. The smallest absolute Gasteiger partial charge is 0.294 e. The molecular formula is C23H21ClN2O7. The molecule has 1 aliphatic carbocycles. The Morgan fingerprint density at radius 1 is 1.12 bits per heavy atom. The minimum atomic E-state index is -0.605. The number of hydrogen-bond acceptors (Lipinski definition) is 7. The van der Waals surface area contributed by atoms with Crippen molar-refractivity contribution in [2.75, 3.05) is 19.1 Å². The molecule has 1 amide bonds. The van der Waals surface area contributed by atoms with E-state index in [1.165, 1.54) is 37.3 Å². The fourth-order valence-corrected chi connectivity index (χ4v) is 4.67. The number of benzene rings is 2. The second-order valence-electron chi connectivity index (χ2n) is 7.79. The number of ketones is 1. The molecule has 172 valence electrons. The Morgan fingerprint density at radius 3 is 2.39 bits per heavy atom. The zero-order chi connectivity index (χ0) is 23.9. The molecule has 0 bridgehead atoms. The second-order valence-corrected chi connectivity index (χ2v) is 8.22. The number of phenolic OH excluding ortho intramolecular Hbond substituents is 1. The van der Waals surface area contributed by atoms with Gasteiger partial charge in [0.25, 0.3) is 5.69 Å². The van der Waals surface area contributed by atoms with Crippen molar-refractivity contribution in [2.45, 2.75) is 31.6 Å². The van der Waals surface area contributed by atoms with Gasteiger partial charge in [-0.1, -0.05) is 11.6 Å². The number of phenols is 1. The van der Waals surface area contributed by atoms with Gasteiger partial charge in [0.2, 0.25) is 11.7 Å². The molecule has 1 aliphatic heterocycles. The van der Waals surface area contributed by atoms with E-state index >= 15 is 0 Å². The summed E-state index contributed by atoms with van der Waals surface area (Å²) in [4.78, 5) is 38.8. The quantitative estimate of drug-likeness (QED) is 0.502. The molecule has 9 nitrogen and oxygen atoms in total. The van der Waals surface area contributed by atoms with Crippen LogP contribution in [0.5, 0.6) is 17.2 Å². The lowest BCUT2D eigenvalue weighted by Gasteiger charge is -2.38. The number of halogens is 1. The molecule has 0 spiro atoms. The summed E-state index contributed by atoms with van der Waals surface area (Å²) in [7, 11) is 2.78. The third kappa shape index (κ3) is 3.89. The third-order valence-electron chi connectivity index (χ3n) is 5.95. The fraction of sp³-hybridized carbons (Fsp3) is 0.304. The van der Waals surface area contributed by atoms with E-state index in [0.29, 0.717) is 36.1 Å². The highest BCUT2D eigenvalue weighted by molar-refractivity contribution is 6.31. The lowest BCUT2D eigenvalue weighted by molar-refractivity contribution is -0.384. The van der Waals surface area contributed by atoms with Crippen molar-refractivity contribution < 1.29 is 29.1 Å². The Bertz CT molecular complexity index is 1180. The first-order chi connectivity index (χ1) is 15.8. The van der Waals surface area contributed by atoms with Crippen LogP contribution in [0.1, 0.15) is 37.2 Å². The van der Waals surface area contributed by atoms with Crippen molar-refractivity contribution in [2.24, 2.45) is 0 Å². The van der Waals surface area contributed by atoms with Crippen LogP contribution >= 0.6 is 11.6 Å². The number of methoxy groups -OCH3 is 2. The highest BCUT2D eigenvalue weighted by atomic mass is 35.5. The van der Waals surface area contributed by atoms with Crippen molar-refractivity contribution in [3.8, 4) is 17.2 Å². The standard InChI is InChI=1S/C23H21ClN2O7/c1-32-19-8-12(9-20(33-2)23(19)29)14-11-21(28)25(16-4-3-5-18(27)22(14)16)15-7-6-13(24)10-17(15)26(30)31/h6-10,14,29H,3-5,11H2,1-2H3. The minimum Gasteiger partial charge on any atom is -0.502 e. The summed E-state index contributed by atoms with van der Waals surface area (Å²) in [5, 5.41) is 22.1. The Kier molecular flexibility index (Phi) is 5.99. The normalized spacial score (nSPS) is 18.3. The van der Waals surface area contributed by atoms with Gasteiger partial charge in [-0.3, -0.25) is 24.6 Å². The number of anilines is 1. The molecule has 2 aromatic carbocycles. The van der Waals surface area contributed by atoms with E-state index in [1.54, 1.807) is 12.1 Å². The fourth-order valence-electron chi connectivity index (χ4n) is 4.50. The summed E-state index contributed by atoms with van der Waals surface area (Å²) < 4.78 is 10.5. The number of hydrogen-bond donors (Lipinski definition) is 1. The summed E-state index contributed by atoms with van der Waals surface area (Å²) >= 11 is 5.95. The SMILES string of the molecule is COc1cc(C2CC(=O)N(c3ccc(Cl)cc3[N+](=O)[O-])C3=C2C(=O)CCC3)cc(OC)c1O. The molecule has 33 heavy (non-hydrogen) atoms. The van der Waals surface area contributed by atoms with Crippen LogP contribution < -0.4 is 14.4 Å². The average molecular weight is 473 g/mol. The first-order valence-electron chi connectivity index (χ1n) is 10.2. The van der Waals surface area contributed by atoms with Gasteiger partial charge < -0.3 is 14.6 Å². The summed E-state index contributed by atoms with van der Waals surface area (Å²) in [6.07, 6.45) is 1.15. The van der Waals surface area contributed by atoms with E-state index in [4.69, 9.17) is 21.1 Å². The average Bonchev–Trinajstić information content (AvgIpc) is 2.79. The maximum atomic E-state index is 13.4. The lowest BCUT2D eigenvalue weighted by atomic mass is 9.77. The monoisotopic (exact) mass is 472 g/mol. The van der Waals surface area contributed by atoms with Crippen LogP contribution in [0.4, 0.5) is 11.4 Å². The topological polar surface area (TPSA) is 119 Å². The molecule has 1 N–H and O–H groups in total. The minimum absolute atomic E-state index is 0.0796. The van der Waals surface area contributed by atoms with E-state index < -0.39 is 10.8 Å². The molecule has 4 rings (SSSR count). The van der Waals surface area contributed by atoms with Crippen molar-refractivity contribution in [3.63, 3.8) is 0 Å². The van der Waals surface area contributed by atoms with Crippen molar-refractivity contribution in [3.05, 3.63) is 62.3 Å². The molecule has 0 radical (unpaired) electrons. The van der Waals surface area contributed by atoms with Crippen LogP contribution in [0.15, 0.2) is 41.6 Å². The predicted molar refractivity (Wildman–Crippen MR) is 120 cm³/mol. The molecular weight excluding hydrogens is 452 g/mol. The van der Waals surface area contributed by atoms with Gasteiger partial charge in [0.05, 0.1) is 19.1 Å². The number of nitrogens with zero attached hydrogens (tertiary/aromatic N) is 2. The maximum Gasteiger partial charge on any atom is 0.294 e. The number of carbonyl (C=O) groups excluding carboxylic acids is 2. The molecule has 0 fully saturated rings. The molecule has 2 aromatic rings. The van der Waals surface area contributed by atoms with Crippen LogP contribution in [-0.4, -0.2) is 35.9 Å². The zero-order valence-electron chi connectivity index (χ0n) is 18.0. The number of ether oxygens (including phenoxy) is 2. The van der Waals surface area contributed by atoms with Crippen LogP contribution in [0.25, 0.3) is 0 Å². The number of aromatic hydroxyl groups is 1. The molecule has 1 atom stereocenters. The molecule has 1 unspecified atom stereocenters. The number of amides is 1. The van der Waals surface area contributed by atoms with Gasteiger partial charge in [0.1, 0.15) is 5.69 Å². The Hall–Kier alpha value is -3.59. The number of allylic oxidation sites excluding steroid dienone is 2. The van der Waals surface area contributed by atoms with Gasteiger partial charge in [-0.15, -0.1) is 0 Å². The van der Waals surface area contributed by atoms with E-state index in [9.17, 15) is 24.8 Å². The van der Waals surface area contributed by atoms with E-state index in [-0.39, 0.29) is 51.8 Å². The summed E-state index contributed by atoms with van der Waals surface area (Å²) in [6, 6.07) is 7.24. The number of nitro benzene ring substituents is 1. The Labute approximate surface area is 194 Å². The lowest BCUT2D eigenvalue weighted by Crippen LogP contribution is -2.40. The Balaban J connectivity index is 1.92. The second kappa shape index (κ2) is 8.74. The van der Waals surface area contributed by atoms with Crippen LogP contribution in [0, 0.1) is 10.1 Å². The zero-order valence-corrected chi connectivity index (χ0v) is 18.7. The van der Waals surface area contributed by atoms with Gasteiger partial charge in [-0.25, -0.2) is 0 Å². The van der Waals surface area contributed by atoms with Gasteiger partial charge in [0.15, 0.2) is 17.3 Å². The summed E-state index contributed by atoms with van der Waals surface area (Å²) in [5.41, 5.74) is 1.22. The number of rotatable bonds is 5. The molecule has 0 saturated carbocycles. The first kappa shape index (κ1) is 22.6. The van der Waals surface area contributed by atoms with E-state index in [0.717, 1.165) is 0 Å². The largest absolute Gasteiger partial charge is 0.502 e.